The molecule has 0 spiro atoms. The van der Waals surface area contributed by atoms with Gasteiger partial charge in [-0.05, 0) is 6.92 Å². The zero-order valence-corrected chi connectivity index (χ0v) is 5.89. The van der Waals surface area contributed by atoms with Crippen molar-refractivity contribution in [3.63, 3.8) is 0 Å². The molecule has 0 atom stereocenters. The second-order valence-electron chi connectivity index (χ2n) is 1.55. The summed E-state index contributed by atoms with van der Waals surface area (Å²) in [4.78, 5) is 13.5. The molecular weight excluding hydrogens is 132 g/mol. The molecule has 0 aromatic rings. The van der Waals surface area contributed by atoms with Crippen molar-refractivity contribution in [3.8, 4) is 0 Å². The van der Waals surface area contributed by atoms with Crippen LogP contribution in [0.4, 0.5) is 0 Å². The van der Waals surface area contributed by atoms with Crippen LogP contribution >= 0.6 is 0 Å². The van der Waals surface area contributed by atoms with Crippen molar-refractivity contribution in [1.82, 2.24) is 5.32 Å². The summed E-state index contributed by atoms with van der Waals surface area (Å²) in [6.07, 6.45) is 0. The highest BCUT2D eigenvalue weighted by atomic mass is 16.5. The van der Waals surface area contributed by atoms with Crippen LogP contribution in [0, 0.1) is 6.57 Å². The van der Waals surface area contributed by atoms with Gasteiger partial charge in [0.25, 0.3) is 6.67 Å². The highest BCUT2D eigenvalue weighted by Crippen LogP contribution is 1.74. The number of nitrogens with zero attached hydrogens (tertiary/aromatic N) is 1. The SMILES string of the molecule is [C-]#[N+]CNCC(=O)OCC. The van der Waals surface area contributed by atoms with E-state index in [1.807, 2.05) is 0 Å². The molecule has 0 heterocycles. The Hall–Kier alpha value is -1.08. The van der Waals surface area contributed by atoms with Crippen LogP contribution in [0.2, 0.25) is 0 Å². The maximum Gasteiger partial charge on any atom is 0.320 e. The Balaban J connectivity index is 3.15. The van der Waals surface area contributed by atoms with Crippen LogP contribution in [0.1, 0.15) is 6.92 Å². The molecule has 0 fully saturated rings. The second kappa shape index (κ2) is 6.05. The van der Waals surface area contributed by atoms with E-state index in [0.717, 1.165) is 0 Å². The summed E-state index contributed by atoms with van der Waals surface area (Å²) in [6.45, 7) is 8.78. The van der Waals surface area contributed by atoms with Gasteiger partial charge < -0.3 is 4.74 Å². The molecule has 0 saturated heterocycles. The molecule has 0 aromatic carbocycles. The average molecular weight is 142 g/mol. The molecule has 56 valence electrons. The fourth-order valence-corrected chi connectivity index (χ4v) is 0.426. The van der Waals surface area contributed by atoms with Crippen LogP contribution in [0.5, 0.6) is 0 Å². The van der Waals surface area contributed by atoms with E-state index in [9.17, 15) is 4.79 Å². The first-order valence-corrected chi connectivity index (χ1v) is 3.00. The summed E-state index contributed by atoms with van der Waals surface area (Å²) in [5, 5.41) is 2.59. The first kappa shape index (κ1) is 8.92. The summed E-state index contributed by atoms with van der Waals surface area (Å²) >= 11 is 0. The van der Waals surface area contributed by atoms with Crippen LogP contribution in [0.15, 0.2) is 0 Å². The Kier molecular flexibility index (Phi) is 5.39. The lowest BCUT2D eigenvalue weighted by Gasteiger charge is -1.98. The van der Waals surface area contributed by atoms with Gasteiger partial charge >= 0.3 is 5.97 Å². The highest BCUT2D eigenvalue weighted by Gasteiger charge is 1.98. The quantitative estimate of drug-likeness (QED) is 0.342. The molecule has 0 aromatic heterocycles. The van der Waals surface area contributed by atoms with Crippen molar-refractivity contribution in [2.45, 2.75) is 6.92 Å². The van der Waals surface area contributed by atoms with Crippen molar-refractivity contribution in [3.05, 3.63) is 11.4 Å². The monoisotopic (exact) mass is 142 g/mol. The van der Waals surface area contributed by atoms with E-state index >= 15 is 0 Å². The molecule has 0 saturated carbocycles. The van der Waals surface area contributed by atoms with Crippen molar-refractivity contribution in [1.29, 1.82) is 0 Å². The third kappa shape index (κ3) is 5.06. The Morgan fingerprint density at radius 1 is 1.80 bits per heavy atom. The van der Waals surface area contributed by atoms with Crippen LogP contribution < -0.4 is 5.32 Å². The summed E-state index contributed by atoms with van der Waals surface area (Å²) in [6, 6.07) is 0. The first-order chi connectivity index (χ1) is 4.81. The van der Waals surface area contributed by atoms with Gasteiger partial charge in [0, 0.05) is 0 Å². The lowest BCUT2D eigenvalue weighted by atomic mass is 10.6. The van der Waals surface area contributed by atoms with Crippen molar-refractivity contribution in [2.24, 2.45) is 0 Å². The molecule has 0 bridgehead atoms. The molecule has 10 heavy (non-hydrogen) atoms. The Morgan fingerprint density at radius 2 is 2.50 bits per heavy atom. The average Bonchev–Trinajstić information content (AvgIpc) is 1.89. The van der Waals surface area contributed by atoms with E-state index < -0.39 is 0 Å². The number of carbonyl (C=O) groups excluding carboxylic acids is 1. The lowest BCUT2D eigenvalue weighted by molar-refractivity contribution is -0.141. The lowest BCUT2D eigenvalue weighted by Crippen LogP contribution is -2.24. The largest absolute Gasteiger partial charge is 0.465 e. The van der Waals surface area contributed by atoms with E-state index in [1.54, 1.807) is 6.92 Å². The number of esters is 1. The van der Waals surface area contributed by atoms with E-state index in [0.29, 0.717) is 6.61 Å². The maximum atomic E-state index is 10.5. The Morgan fingerprint density at radius 3 is 3.00 bits per heavy atom. The van der Waals surface area contributed by atoms with Crippen LogP contribution in [0.3, 0.4) is 0 Å². The number of hydrogen-bond donors (Lipinski definition) is 1. The van der Waals surface area contributed by atoms with E-state index in [-0.39, 0.29) is 19.2 Å². The van der Waals surface area contributed by atoms with Gasteiger partial charge in [-0.15, -0.1) is 0 Å². The molecule has 1 N–H and O–H groups in total. The summed E-state index contributed by atoms with van der Waals surface area (Å²) in [7, 11) is 0. The third-order valence-electron chi connectivity index (χ3n) is 0.766. The number of ether oxygens (including phenoxy) is 1. The summed E-state index contributed by atoms with van der Waals surface area (Å²) in [5.74, 6) is -0.314. The number of nitrogens with one attached hydrogen (secondary N) is 1. The summed E-state index contributed by atoms with van der Waals surface area (Å²) < 4.78 is 4.58. The fraction of sp³-hybridized carbons (Fsp3) is 0.667. The molecule has 0 aliphatic rings. The Bertz CT molecular complexity index is 139. The predicted molar refractivity (Wildman–Crippen MR) is 36.1 cm³/mol. The minimum atomic E-state index is -0.314. The first-order valence-electron chi connectivity index (χ1n) is 3.00. The number of hydrogen-bond acceptors (Lipinski definition) is 3. The van der Waals surface area contributed by atoms with Gasteiger partial charge in [0.05, 0.1) is 6.61 Å². The van der Waals surface area contributed by atoms with Gasteiger partial charge in [-0.3, -0.25) is 9.64 Å². The second-order valence-corrected chi connectivity index (χ2v) is 1.55. The molecule has 0 radical (unpaired) electrons. The minimum absolute atomic E-state index is 0.121. The molecule has 4 nitrogen and oxygen atoms in total. The van der Waals surface area contributed by atoms with Crippen LogP contribution in [-0.2, 0) is 9.53 Å². The highest BCUT2D eigenvalue weighted by molar-refractivity contribution is 5.71. The smallest absolute Gasteiger partial charge is 0.320 e. The molecule has 4 heteroatoms. The van der Waals surface area contributed by atoms with E-state index in [1.165, 1.54) is 0 Å². The number of carbonyl (C=O) groups is 1. The van der Waals surface area contributed by atoms with Gasteiger partial charge in [0.2, 0.25) is 0 Å². The molecule has 0 aliphatic carbocycles. The fourth-order valence-electron chi connectivity index (χ4n) is 0.426. The predicted octanol–water partition coefficient (Wildman–Crippen LogP) is 0.0159. The molecule has 0 amide bonds. The van der Waals surface area contributed by atoms with E-state index in [2.05, 4.69) is 14.9 Å². The normalized spacial score (nSPS) is 8.40. The van der Waals surface area contributed by atoms with Crippen molar-refractivity contribution in [2.75, 3.05) is 19.8 Å². The minimum Gasteiger partial charge on any atom is -0.465 e. The van der Waals surface area contributed by atoms with Crippen LogP contribution in [-0.4, -0.2) is 25.8 Å². The summed E-state index contributed by atoms with van der Waals surface area (Å²) in [5.41, 5.74) is 0. The number of rotatable bonds is 4. The van der Waals surface area contributed by atoms with Crippen LogP contribution in [0.25, 0.3) is 4.85 Å². The molecule has 0 rings (SSSR count). The zero-order chi connectivity index (χ0) is 7.82. The standard InChI is InChI=1S/C6H10N2O2/c1-3-10-6(9)4-8-5-7-2/h8H,3-5H2,1H3. The van der Waals surface area contributed by atoms with Crippen molar-refractivity contribution < 1.29 is 9.53 Å². The maximum absolute atomic E-state index is 10.5. The van der Waals surface area contributed by atoms with Gasteiger partial charge in [0.1, 0.15) is 6.54 Å². The van der Waals surface area contributed by atoms with Gasteiger partial charge in [-0.2, -0.15) is 0 Å². The van der Waals surface area contributed by atoms with Gasteiger partial charge in [-0.25, -0.2) is 11.9 Å². The Labute approximate surface area is 60.0 Å². The topological polar surface area (TPSA) is 42.7 Å². The molecular formula is C6H10N2O2. The third-order valence-corrected chi connectivity index (χ3v) is 0.766. The molecule has 0 aliphatic heterocycles. The zero-order valence-electron chi connectivity index (χ0n) is 5.89. The van der Waals surface area contributed by atoms with Gasteiger partial charge in [0.15, 0.2) is 0 Å². The molecule has 0 unspecified atom stereocenters. The van der Waals surface area contributed by atoms with Gasteiger partial charge in [-0.1, -0.05) is 0 Å². The van der Waals surface area contributed by atoms with E-state index in [4.69, 9.17) is 6.57 Å². The van der Waals surface area contributed by atoms with Crippen molar-refractivity contribution >= 4 is 5.97 Å².